The zero-order valence-electron chi connectivity index (χ0n) is 26.7. The molecule has 0 nitrogen and oxygen atoms in total. The van der Waals surface area contributed by atoms with Crippen LogP contribution < -0.4 is 0 Å². The summed E-state index contributed by atoms with van der Waals surface area (Å²) in [5.41, 5.74) is 13.4. The zero-order chi connectivity index (χ0) is 31.5. The summed E-state index contributed by atoms with van der Waals surface area (Å²) >= 11 is -0.826. The third-order valence-electron chi connectivity index (χ3n) is 7.55. The molecule has 0 aliphatic carbocycles. The molecule has 0 bridgehead atoms. The second kappa shape index (κ2) is 17.3. The second-order valence-electron chi connectivity index (χ2n) is 11.1. The van der Waals surface area contributed by atoms with E-state index in [-0.39, 0.29) is 0 Å². The van der Waals surface area contributed by atoms with Crippen molar-refractivity contribution in [3.63, 3.8) is 0 Å². The van der Waals surface area contributed by atoms with E-state index < -0.39 is 20.8 Å². The summed E-state index contributed by atoms with van der Waals surface area (Å²) in [7, 11) is 11.0. The monoisotopic (exact) mass is 698 g/mol. The summed E-state index contributed by atoms with van der Waals surface area (Å²) in [6, 6.07) is 35.8. The van der Waals surface area contributed by atoms with Crippen molar-refractivity contribution in [2.75, 3.05) is 0 Å². The van der Waals surface area contributed by atoms with E-state index in [9.17, 15) is 0 Å². The molecular weight excluding hydrogens is 659 g/mol. The summed E-state index contributed by atoms with van der Waals surface area (Å²) in [6.45, 7) is 17.3. The first kappa shape index (κ1) is 35.3. The second-order valence-corrected chi connectivity index (χ2v) is 15.8. The zero-order valence-corrected chi connectivity index (χ0v) is 31.7. The molecular formula is C39H42Cl2SiZr. The van der Waals surface area contributed by atoms with E-state index in [1.807, 2.05) is 0 Å². The first-order valence-electron chi connectivity index (χ1n) is 14.7. The fraction of sp³-hybridized carbons (Fsp3) is 0.231. The third-order valence-corrected chi connectivity index (χ3v) is 7.55. The first-order chi connectivity index (χ1) is 20.7. The number of aryl methyl sites for hydroxylation is 6. The van der Waals surface area contributed by atoms with Crippen molar-refractivity contribution in [2.24, 2.45) is 0 Å². The van der Waals surface area contributed by atoms with E-state index in [1.54, 1.807) is 0 Å². The summed E-state index contributed by atoms with van der Waals surface area (Å²) in [5, 5.41) is 5.54. The number of hydrogen-bond donors (Lipinski definition) is 0. The Morgan fingerprint density at radius 2 is 1.00 bits per heavy atom. The Balaban J connectivity index is 0.000000200. The molecule has 220 valence electrons. The van der Waals surface area contributed by atoms with Crippen LogP contribution in [0.4, 0.5) is 0 Å². The van der Waals surface area contributed by atoms with Crippen molar-refractivity contribution < 1.29 is 20.8 Å². The van der Waals surface area contributed by atoms with Gasteiger partial charge in [-0.1, -0.05) is 124 Å². The van der Waals surface area contributed by atoms with E-state index in [2.05, 4.69) is 152 Å². The van der Waals surface area contributed by atoms with Crippen molar-refractivity contribution in [1.29, 1.82) is 0 Å². The topological polar surface area (TPSA) is 0 Å². The molecule has 0 aliphatic heterocycles. The van der Waals surface area contributed by atoms with Crippen LogP contribution in [0.1, 0.15) is 40.3 Å². The average Bonchev–Trinajstić information content (AvgIpc) is 3.61. The van der Waals surface area contributed by atoms with Crippen LogP contribution in [0.5, 0.6) is 0 Å². The molecule has 6 aromatic carbocycles. The fourth-order valence-corrected chi connectivity index (χ4v) is 5.27. The third kappa shape index (κ3) is 9.39. The summed E-state index contributed by atoms with van der Waals surface area (Å²) in [4.78, 5) is 0. The summed E-state index contributed by atoms with van der Waals surface area (Å²) in [6.07, 6.45) is 1.10. The van der Waals surface area contributed by atoms with Crippen LogP contribution in [-0.4, -0.2) is 9.52 Å². The Morgan fingerprint density at radius 1 is 0.605 bits per heavy atom. The van der Waals surface area contributed by atoms with E-state index >= 15 is 0 Å². The van der Waals surface area contributed by atoms with Crippen LogP contribution in [0.3, 0.4) is 0 Å². The van der Waals surface area contributed by atoms with Crippen molar-refractivity contribution in [3.8, 4) is 22.3 Å². The summed E-state index contributed by atoms with van der Waals surface area (Å²) < 4.78 is 0. The number of halogens is 2. The fourth-order valence-electron chi connectivity index (χ4n) is 5.27. The molecule has 43 heavy (non-hydrogen) atoms. The number of rotatable bonds is 3. The van der Waals surface area contributed by atoms with Gasteiger partial charge in [0.25, 0.3) is 0 Å². The van der Waals surface area contributed by atoms with Gasteiger partial charge in [0.2, 0.25) is 0 Å². The van der Waals surface area contributed by atoms with Crippen LogP contribution in [0, 0.1) is 34.6 Å². The van der Waals surface area contributed by atoms with E-state index in [0.717, 1.165) is 15.9 Å². The predicted octanol–water partition coefficient (Wildman–Crippen LogP) is 12.7. The number of benzene rings is 4. The van der Waals surface area contributed by atoms with Crippen molar-refractivity contribution >= 4 is 48.1 Å². The Labute approximate surface area is 280 Å². The molecule has 0 aromatic heterocycles. The molecule has 6 aromatic rings. The number of hydrogen-bond acceptors (Lipinski definition) is 0. The molecule has 0 spiro atoms. The van der Waals surface area contributed by atoms with E-state index in [1.165, 1.54) is 77.2 Å². The van der Waals surface area contributed by atoms with Crippen molar-refractivity contribution in [2.45, 2.75) is 61.1 Å². The molecule has 0 unspecified atom stereocenters. The van der Waals surface area contributed by atoms with Gasteiger partial charge >= 0.3 is 37.9 Å². The first-order valence-corrected chi connectivity index (χ1v) is 23.0. The molecule has 0 fully saturated rings. The van der Waals surface area contributed by atoms with Gasteiger partial charge in [-0.25, -0.2) is 0 Å². The number of fused-ring (bicyclic) bond motifs is 2. The van der Waals surface area contributed by atoms with Crippen LogP contribution in [-0.2, 0) is 27.3 Å². The average molecular weight is 701 g/mol. The van der Waals surface area contributed by atoms with Gasteiger partial charge in [0.1, 0.15) is 0 Å². The Hall–Kier alpha value is -2.22. The summed E-state index contributed by atoms with van der Waals surface area (Å²) in [5.74, 6) is 0. The van der Waals surface area contributed by atoms with Crippen LogP contribution in [0.15, 0.2) is 97.1 Å². The molecule has 0 heterocycles. The van der Waals surface area contributed by atoms with Crippen LogP contribution in [0.25, 0.3) is 43.8 Å². The minimum atomic E-state index is -0.826. The molecule has 0 saturated heterocycles. The Kier molecular flexibility index (Phi) is 14.2. The Bertz CT molecular complexity index is 1720. The van der Waals surface area contributed by atoms with E-state index in [0.29, 0.717) is 0 Å². The van der Waals surface area contributed by atoms with Gasteiger partial charge in [-0.2, -0.15) is 12.1 Å². The molecule has 6 rings (SSSR count). The van der Waals surface area contributed by atoms with Gasteiger partial charge in [-0.05, 0) is 31.4 Å². The molecule has 0 N–H and O–H groups in total. The maximum absolute atomic E-state index is 4.93. The molecule has 0 aliphatic rings. The normalized spacial score (nSPS) is 10.2. The van der Waals surface area contributed by atoms with E-state index in [4.69, 9.17) is 17.0 Å². The Morgan fingerprint density at radius 3 is 1.42 bits per heavy atom. The van der Waals surface area contributed by atoms with Gasteiger partial charge < -0.3 is 0 Å². The van der Waals surface area contributed by atoms with Gasteiger partial charge in [-0.3, -0.25) is 0 Å². The molecule has 2 radical (unpaired) electrons. The molecule has 0 amide bonds. The van der Waals surface area contributed by atoms with Crippen LogP contribution >= 0.6 is 17.0 Å². The minimum absolute atomic E-state index is 0.826. The molecule has 0 saturated carbocycles. The predicted molar refractivity (Wildman–Crippen MR) is 192 cm³/mol. The van der Waals surface area contributed by atoms with Gasteiger partial charge in [0.05, 0.1) is 0 Å². The molecule has 4 heteroatoms. The molecule has 0 atom stereocenters. The van der Waals surface area contributed by atoms with Crippen molar-refractivity contribution in [3.05, 3.63) is 130 Å². The standard InChI is InChI=1S/C19H19.C18H17.C2H6Si.2ClH.Zr/c1-4-15-11-18-14(3)7-10-17(19(18)12-15)16-8-5-13(2)6-9-16;1-12-4-7-15(8-5-12)16-9-6-14(3)17-10-13(2)11-18(16)17;1-3-2;;;/h5-12H,4H2,1-3H3;4-11H,1-3H3;1-2H3;2*1H;/q2*-1;;;;+4/p-2. The van der Waals surface area contributed by atoms with Gasteiger partial charge in [0, 0.05) is 9.52 Å². The maximum atomic E-state index is 4.93. The van der Waals surface area contributed by atoms with Crippen LogP contribution in [0.2, 0.25) is 13.1 Å². The van der Waals surface area contributed by atoms with Gasteiger partial charge in [-0.15, -0.1) is 68.1 Å². The quantitative estimate of drug-likeness (QED) is 0.127. The van der Waals surface area contributed by atoms with Gasteiger partial charge in [0.15, 0.2) is 0 Å². The SMILES string of the molecule is CCc1cc2c(-c3ccc(C)cc3)ccc(C)c2[cH-]1.C[Si]C.Cc1ccc(-c2ccc(C)c3[cH-]c(C)cc23)cc1.[Cl][Zr+2][Cl]. The van der Waals surface area contributed by atoms with Crippen molar-refractivity contribution in [1.82, 2.24) is 0 Å².